The molecule has 0 N–H and O–H groups in total. The van der Waals surface area contributed by atoms with Crippen molar-refractivity contribution in [1.29, 1.82) is 0 Å². The minimum absolute atomic E-state index is 0.118. The summed E-state index contributed by atoms with van der Waals surface area (Å²) in [6.45, 7) is 6.27. The van der Waals surface area contributed by atoms with Gasteiger partial charge in [-0.25, -0.2) is 0 Å². The number of carbonyl (C=O) groups excluding carboxylic acids is 3. The van der Waals surface area contributed by atoms with Gasteiger partial charge in [-0.2, -0.15) is 0 Å². The van der Waals surface area contributed by atoms with Crippen LogP contribution in [0.15, 0.2) is 122 Å². The normalized spacial score (nSPS) is 13.1. The third-order valence-electron chi connectivity index (χ3n) is 10.7. The van der Waals surface area contributed by atoms with Gasteiger partial charge in [0, 0.05) is 12.8 Å². The molecule has 0 aliphatic rings. The first-order chi connectivity index (χ1) is 32.5. The van der Waals surface area contributed by atoms with Gasteiger partial charge in [-0.15, -0.1) is 0 Å². The summed E-state index contributed by atoms with van der Waals surface area (Å²) in [6.07, 6.45) is 73.5. The van der Waals surface area contributed by atoms with Gasteiger partial charge < -0.3 is 14.2 Å². The maximum Gasteiger partial charge on any atom is 0.309 e. The molecule has 1 unspecified atom stereocenters. The van der Waals surface area contributed by atoms with E-state index < -0.39 is 12.1 Å². The highest BCUT2D eigenvalue weighted by molar-refractivity contribution is 5.72. The van der Waals surface area contributed by atoms with Crippen molar-refractivity contribution in [3.8, 4) is 0 Å². The Labute approximate surface area is 405 Å². The fourth-order valence-corrected chi connectivity index (χ4v) is 6.79. The second-order valence-electron chi connectivity index (χ2n) is 17.0. The van der Waals surface area contributed by atoms with Crippen LogP contribution in [-0.2, 0) is 28.6 Å². The number of esters is 3. The molecule has 0 amide bonds. The Morgan fingerprint density at radius 2 is 0.652 bits per heavy atom. The molecule has 6 heteroatoms. The molecule has 0 saturated heterocycles. The third-order valence-corrected chi connectivity index (χ3v) is 10.7. The largest absolute Gasteiger partial charge is 0.462 e. The lowest BCUT2D eigenvalue weighted by atomic mass is 10.1. The second-order valence-corrected chi connectivity index (χ2v) is 17.0. The number of ether oxygens (including phenoxy) is 3. The van der Waals surface area contributed by atoms with Gasteiger partial charge in [0.1, 0.15) is 13.2 Å². The average Bonchev–Trinajstić information content (AvgIpc) is 3.31. The van der Waals surface area contributed by atoms with E-state index in [-0.39, 0.29) is 38.0 Å². The molecule has 0 aromatic carbocycles. The van der Waals surface area contributed by atoms with E-state index in [1.54, 1.807) is 6.08 Å². The molecule has 0 spiro atoms. The second kappa shape index (κ2) is 53.4. The summed E-state index contributed by atoms with van der Waals surface area (Å²) in [4.78, 5) is 38.0. The Kier molecular flexibility index (Phi) is 50.0. The zero-order valence-electron chi connectivity index (χ0n) is 42.4. The van der Waals surface area contributed by atoms with E-state index in [4.69, 9.17) is 14.2 Å². The molecule has 0 fully saturated rings. The van der Waals surface area contributed by atoms with Gasteiger partial charge in [-0.1, -0.05) is 213 Å². The summed E-state index contributed by atoms with van der Waals surface area (Å²) in [5.74, 6) is -1.09. The molecule has 0 aliphatic heterocycles. The number of hydrogen-bond acceptors (Lipinski definition) is 6. The minimum Gasteiger partial charge on any atom is -0.462 e. The first-order valence-corrected chi connectivity index (χ1v) is 26.5. The average molecular weight is 913 g/mol. The van der Waals surface area contributed by atoms with Crippen LogP contribution in [0, 0.1) is 0 Å². The first-order valence-electron chi connectivity index (χ1n) is 26.5. The summed E-state index contributed by atoms with van der Waals surface area (Å²) in [5.41, 5.74) is 0. The van der Waals surface area contributed by atoms with Crippen LogP contribution in [0.5, 0.6) is 0 Å². The van der Waals surface area contributed by atoms with E-state index in [2.05, 4.69) is 130 Å². The van der Waals surface area contributed by atoms with E-state index in [1.807, 2.05) is 6.08 Å². The van der Waals surface area contributed by atoms with Crippen LogP contribution < -0.4 is 0 Å². The van der Waals surface area contributed by atoms with Gasteiger partial charge in [0.15, 0.2) is 6.10 Å². The highest BCUT2D eigenvalue weighted by Gasteiger charge is 2.19. The summed E-state index contributed by atoms with van der Waals surface area (Å²) in [7, 11) is 0. The van der Waals surface area contributed by atoms with Gasteiger partial charge in [0.05, 0.1) is 6.42 Å². The van der Waals surface area contributed by atoms with Crippen molar-refractivity contribution in [1.82, 2.24) is 0 Å². The molecular weight excluding hydrogens is 817 g/mol. The van der Waals surface area contributed by atoms with Gasteiger partial charge >= 0.3 is 17.9 Å². The van der Waals surface area contributed by atoms with E-state index in [0.29, 0.717) is 6.42 Å². The lowest BCUT2D eigenvalue weighted by molar-refractivity contribution is -0.166. The van der Waals surface area contributed by atoms with Crippen molar-refractivity contribution < 1.29 is 28.6 Å². The monoisotopic (exact) mass is 913 g/mol. The molecule has 372 valence electrons. The van der Waals surface area contributed by atoms with Crippen molar-refractivity contribution >= 4 is 17.9 Å². The highest BCUT2D eigenvalue weighted by Crippen LogP contribution is 2.13. The topological polar surface area (TPSA) is 78.9 Å². The van der Waals surface area contributed by atoms with Crippen LogP contribution in [0.1, 0.15) is 220 Å². The summed E-state index contributed by atoms with van der Waals surface area (Å²) >= 11 is 0. The fourth-order valence-electron chi connectivity index (χ4n) is 6.79. The molecule has 0 aromatic rings. The summed E-state index contributed by atoms with van der Waals surface area (Å²) in [6, 6.07) is 0. The highest BCUT2D eigenvalue weighted by atomic mass is 16.6. The number of unbranched alkanes of at least 4 members (excludes halogenated alkanes) is 16. The predicted molar refractivity (Wildman–Crippen MR) is 283 cm³/mol. The van der Waals surface area contributed by atoms with Gasteiger partial charge in [0.25, 0.3) is 0 Å². The van der Waals surface area contributed by atoms with Crippen molar-refractivity contribution in [2.45, 2.75) is 226 Å². The standard InChI is InChI=1S/C60H96O6/c1-4-7-10-13-16-19-22-25-28-30-33-35-38-41-44-47-50-53-59(62)65-56-57(55-64-58(61)52-49-46-43-40-37-34-31-27-24-21-18-15-12-9-6-3)66-60(63)54-51-48-45-42-39-36-32-29-26-23-20-17-14-11-8-5-2/h7,9-10,12,16,18-21,23,25,27-29,31-32,37,40,46,49,57H,4-6,8,11,13-15,17,22,24,26,30,33-36,38-39,41-45,47-48,50-56H2,1-3H3/b10-7-,12-9-,19-16-,21-18-,23-20-,28-25-,31-27-,32-29-,40-37-,49-46-. The lowest BCUT2D eigenvalue weighted by Crippen LogP contribution is -2.30. The number of hydrogen-bond donors (Lipinski definition) is 0. The maximum absolute atomic E-state index is 12.8. The zero-order valence-corrected chi connectivity index (χ0v) is 42.4. The van der Waals surface area contributed by atoms with E-state index in [9.17, 15) is 14.4 Å². The molecule has 0 aliphatic carbocycles. The van der Waals surface area contributed by atoms with E-state index >= 15 is 0 Å². The van der Waals surface area contributed by atoms with Gasteiger partial charge in [0.2, 0.25) is 0 Å². The van der Waals surface area contributed by atoms with Crippen molar-refractivity contribution in [2.24, 2.45) is 0 Å². The van der Waals surface area contributed by atoms with Crippen LogP contribution in [0.25, 0.3) is 0 Å². The fraction of sp³-hybridized carbons (Fsp3) is 0.617. The summed E-state index contributed by atoms with van der Waals surface area (Å²) in [5, 5.41) is 0. The molecule has 0 heterocycles. The van der Waals surface area contributed by atoms with Crippen LogP contribution in [0.2, 0.25) is 0 Å². The van der Waals surface area contributed by atoms with E-state index in [0.717, 1.165) is 122 Å². The molecule has 0 aromatic heterocycles. The molecule has 0 radical (unpaired) electrons. The molecule has 0 bridgehead atoms. The van der Waals surface area contributed by atoms with Crippen molar-refractivity contribution in [2.75, 3.05) is 13.2 Å². The Morgan fingerprint density at radius 1 is 0.333 bits per heavy atom. The molecule has 6 nitrogen and oxygen atoms in total. The Balaban J connectivity index is 4.56. The number of allylic oxidation sites excluding steroid dienone is 19. The van der Waals surface area contributed by atoms with Crippen LogP contribution in [0.3, 0.4) is 0 Å². The first kappa shape index (κ1) is 61.8. The third kappa shape index (κ3) is 50.8. The molecular formula is C60H96O6. The predicted octanol–water partition coefficient (Wildman–Crippen LogP) is 17.7. The molecule has 0 saturated carbocycles. The molecule has 1 atom stereocenters. The smallest absolute Gasteiger partial charge is 0.309 e. The summed E-state index contributed by atoms with van der Waals surface area (Å²) < 4.78 is 16.7. The van der Waals surface area contributed by atoms with Crippen molar-refractivity contribution in [3.05, 3.63) is 122 Å². The molecule has 0 rings (SSSR count). The SMILES string of the molecule is CC/C=C\C/C=C\C/C=C\C/C=C\C/C=C\CC(=O)OCC(COC(=O)CCCCCCCCC/C=C\C/C=C\C/C=C\CC)OC(=O)CCCCCCC/C=C\C/C=C\CCCCCC. The Hall–Kier alpha value is -4.19. The minimum atomic E-state index is -0.833. The Bertz CT molecular complexity index is 1420. The number of carbonyl (C=O) groups is 3. The Morgan fingerprint density at radius 3 is 1.06 bits per heavy atom. The van der Waals surface area contributed by atoms with Crippen LogP contribution >= 0.6 is 0 Å². The van der Waals surface area contributed by atoms with Crippen LogP contribution in [-0.4, -0.2) is 37.2 Å². The van der Waals surface area contributed by atoms with Crippen LogP contribution in [0.4, 0.5) is 0 Å². The lowest BCUT2D eigenvalue weighted by Gasteiger charge is -2.18. The number of rotatable bonds is 46. The maximum atomic E-state index is 12.8. The van der Waals surface area contributed by atoms with E-state index in [1.165, 1.54) is 57.8 Å². The van der Waals surface area contributed by atoms with Gasteiger partial charge in [-0.05, 0) is 109 Å². The molecule has 66 heavy (non-hydrogen) atoms. The zero-order chi connectivity index (χ0) is 47.9. The van der Waals surface area contributed by atoms with Gasteiger partial charge in [-0.3, -0.25) is 14.4 Å². The van der Waals surface area contributed by atoms with Crippen molar-refractivity contribution in [3.63, 3.8) is 0 Å². The quantitative estimate of drug-likeness (QED) is 0.0262.